The van der Waals surface area contributed by atoms with E-state index in [2.05, 4.69) is 16.8 Å². The van der Waals surface area contributed by atoms with Crippen molar-refractivity contribution < 1.29 is 14.2 Å². The van der Waals surface area contributed by atoms with Crippen molar-refractivity contribution in [2.45, 2.75) is 31.0 Å². The first-order chi connectivity index (χ1) is 10.3. The van der Waals surface area contributed by atoms with Crippen LogP contribution >= 0.6 is 11.6 Å². The van der Waals surface area contributed by atoms with E-state index in [4.69, 9.17) is 25.8 Å². The van der Waals surface area contributed by atoms with Crippen LogP contribution in [-0.4, -0.2) is 42.4 Å². The van der Waals surface area contributed by atoms with Crippen LogP contribution in [0.25, 0.3) is 0 Å². The number of halogens is 1. The number of aromatic nitrogens is 1. The minimum Gasteiger partial charge on any atom is -0.489 e. The van der Waals surface area contributed by atoms with Crippen molar-refractivity contribution >= 4 is 11.6 Å². The molecule has 2 aliphatic heterocycles. The second kappa shape index (κ2) is 6.65. The van der Waals surface area contributed by atoms with E-state index in [0.29, 0.717) is 19.1 Å². The molecular weight excluding hydrogens is 290 g/mol. The fraction of sp³-hybridized carbons (Fsp3) is 0.562. The van der Waals surface area contributed by atoms with E-state index in [1.165, 1.54) is 0 Å². The first-order valence-corrected chi connectivity index (χ1v) is 7.71. The minimum absolute atomic E-state index is 0.137. The second-order valence-electron chi connectivity index (χ2n) is 5.41. The van der Waals surface area contributed by atoms with Gasteiger partial charge in [0.05, 0.1) is 30.9 Å². The van der Waals surface area contributed by atoms with Gasteiger partial charge in [-0.25, -0.2) is 0 Å². The Hall–Kier alpha value is -1.28. The molecule has 0 saturated carbocycles. The SMILES string of the molecule is ClCC#Cc1cncc(OC2CCOC3(CCOC3)C2)c1. The van der Waals surface area contributed by atoms with Crippen LogP contribution in [0.2, 0.25) is 0 Å². The molecular formula is C16H18ClNO3. The zero-order valence-electron chi connectivity index (χ0n) is 11.8. The number of hydrogen-bond donors (Lipinski definition) is 0. The van der Waals surface area contributed by atoms with Gasteiger partial charge in [0.1, 0.15) is 11.9 Å². The highest BCUT2D eigenvalue weighted by atomic mass is 35.5. The maximum absolute atomic E-state index is 6.06. The van der Waals surface area contributed by atoms with Crippen LogP contribution in [0, 0.1) is 11.8 Å². The number of rotatable bonds is 2. The Balaban J connectivity index is 1.65. The van der Waals surface area contributed by atoms with E-state index in [1.807, 2.05) is 6.07 Å². The van der Waals surface area contributed by atoms with Gasteiger partial charge in [0.15, 0.2) is 0 Å². The molecule has 4 nitrogen and oxygen atoms in total. The van der Waals surface area contributed by atoms with Crippen LogP contribution in [0.3, 0.4) is 0 Å². The molecule has 21 heavy (non-hydrogen) atoms. The number of nitrogens with zero attached hydrogens (tertiary/aromatic N) is 1. The third-order valence-electron chi connectivity index (χ3n) is 3.83. The molecule has 2 saturated heterocycles. The van der Waals surface area contributed by atoms with Crippen molar-refractivity contribution in [3.05, 3.63) is 24.0 Å². The lowest BCUT2D eigenvalue weighted by atomic mass is 9.91. The average Bonchev–Trinajstić information content (AvgIpc) is 2.93. The summed E-state index contributed by atoms with van der Waals surface area (Å²) >= 11 is 5.57. The van der Waals surface area contributed by atoms with E-state index in [9.17, 15) is 0 Å². The number of hydrogen-bond acceptors (Lipinski definition) is 4. The smallest absolute Gasteiger partial charge is 0.139 e. The van der Waals surface area contributed by atoms with Gasteiger partial charge < -0.3 is 14.2 Å². The van der Waals surface area contributed by atoms with E-state index in [0.717, 1.165) is 37.2 Å². The van der Waals surface area contributed by atoms with Crippen molar-refractivity contribution in [2.75, 3.05) is 25.7 Å². The van der Waals surface area contributed by atoms with Crippen LogP contribution in [0.1, 0.15) is 24.8 Å². The first kappa shape index (κ1) is 14.6. The number of pyridine rings is 1. The van der Waals surface area contributed by atoms with Gasteiger partial charge in [0.2, 0.25) is 0 Å². The molecule has 2 aliphatic rings. The van der Waals surface area contributed by atoms with Crippen LogP contribution in [0.15, 0.2) is 18.5 Å². The minimum atomic E-state index is -0.146. The third-order valence-corrected chi connectivity index (χ3v) is 3.96. The van der Waals surface area contributed by atoms with Gasteiger partial charge >= 0.3 is 0 Å². The molecule has 0 N–H and O–H groups in total. The number of ether oxygens (including phenoxy) is 3. The van der Waals surface area contributed by atoms with E-state index in [1.54, 1.807) is 12.4 Å². The molecule has 0 aliphatic carbocycles. The molecule has 1 aromatic rings. The molecule has 2 atom stereocenters. The van der Waals surface area contributed by atoms with Gasteiger partial charge in [-0.3, -0.25) is 4.98 Å². The Morgan fingerprint density at radius 3 is 3.19 bits per heavy atom. The van der Waals surface area contributed by atoms with Gasteiger partial charge in [0.25, 0.3) is 0 Å². The van der Waals surface area contributed by atoms with Crippen molar-refractivity contribution in [1.29, 1.82) is 0 Å². The molecule has 3 rings (SSSR count). The van der Waals surface area contributed by atoms with Crippen molar-refractivity contribution in [1.82, 2.24) is 4.98 Å². The predicted octanol–water partition coefficient (Wildman–Crippen LogP) is 2.39. The largest absolute Gasteiger partial charge is 0.489 e. The lowest BCUT2D eigenvalue weighted by molar-refractivity contribution is -0.112. The summed E-state index contributed by atoms with van der Waals surface area (Å²) in [6, 6.07) is 1.90. The zero-order valence-corrected chi connectivity index (χ0v) is 12.6. The third kappa shape index (κ3) is 3.68. The molecule has 0 aromatic carbocycles. The average molecular weight is 308 g/mol. The fourth-order valence-corrected chi connectivity index (χ4v) is 2.89. The Kier molecular flexibility index (Phi) is 4.64. The molecule has 2 unspecified atom stereocenters. The van der Waals surface area contributed by atoms with E-state index >= 15 is 0 Å². The van der Waals surface area contributed by atoms with Gasteiger partial charge in [-0.1, -0.05) is 11.8 Å². The standard InChI is InChI=1S/C16H18ClNO3/c17-5-1-2-13-8-15(11-18-10-13)21-14-3-6-20-16(9-14)4-7-19-12-16/h8,10-11,14H,3-7,9,12H2. The Morgan fingerprint density at radius 2 is 2.38 bits per heavy atom. The van der Waals surface area contributed by atoms with Gasteiger partial charge in [-0.05, 0) is 6.07 Å². The topological polar surface area (TPSA) is 40.6 Å². The summed E-state index contributed by atoms with van der Waals surface area (Å²) in [6.45, 7) is 2.16. The van der Waals surface area contributed by atoms with Crippen LogP contribution in [0.5, 0.6) is 5.75 Å². The van der Waals surface area contributed by atoms with E-state index in [-0.39, 0.29) is 11.7 Å². The summed E-state index contributed by atoms with van der Waals surface area (Å²) in [5.41, 5.74) is 0.672. The fourth-order valence-electron chi connectivity index (χ4n) is 2.83. The normalized spacial score (nSPS) is 28.1. The molecule has 2 fully saturated rings. The van der Waals surface area contributed by atoms with Crippen LogP contribution in [0.4, 0.5) is 0 Å². The summed E-state index contributed by atoms with van der Waals surface area (Å²) in [5.74, 6) is 6.83. The highest BCUT2D eigenvalue weighted by Gasteiger charge is 2.41. The quantitative estimate of drug-likeness (QED) is 0.621. The summed E-state index contributed by atoms with van der Waals surface area (Å²) in [5, 5.41) is 0. The monoisotopic (exact) mass is 307 g/mol. The summed E-state index contributed by atoms with van der Waals surface area (Å²) in [4.78, 5) is 4.17. The van der Waals surface area contributed by atoms with Gasteiger partial charge in [-0.2, -0.15) is 0 Å². The summed E-state index contributed by atoms with van der Waals surface area (Å²) in [7, 11) is 0. The molecule has 1 spiro atoms. The van der Waals surface area contributed by atoms with E-state index < -0.39 is 0 Å². The van der Waals surface area contributed by atoms with Gasteiger partial charge in [-0.15, -0.1) is 11.6 Å². The molecule has 5 heteroatoms. The molecule has 0 amide bonds. The molecule has 0 radical (unpaired) electrons. The molecule has 0 bridgehead atoms. The lowest BCUT2D eigenvalue weighted by Crippen LogP contribution is -2.44. The molecule has 112 valence electrons. The Labute approximate surface area is 129 Å². The summed E-state index contributed by atoms with van der Waals surface area (Å²) in [6.07, 6.45) is 6.27. The first-order valence-electron chi connectivity index (χ1n) is 7.18. The second-order valence-corrected chi connectivity index (χ2v) is 5.68. The van der Waals surface area contributed by atoms with Crippen molar-refractivity contribution in [3.63, 3.8) is 0 Å². The molecule has 3 heterocycles. The van der Waals surface area contributed by atoms with Crippen LogP contribution in [-0.2, 0) is 9.47 Å². The summed E-state index contributed by atoms with van der Waals surface area (Å²) < 4.78 is 17.5. The maximum atomic E-state index is 6.06. The Bertz CT molecular complexity index is 546. The Morgan fingerprint density at radius 1 is 1.43 bits per heavy atom. The van der Waals surface area contributed by atoms with Crippen molar-refractivity contribution in [3.8, 4) is 17.6 Å². The highest BCUT2D eigenvalue weighted by molar-refractivity contribution is 6.19. The molecule has 1 aromatic heterocycles. The zero-order chi connectivity index (χ0) is 14.5. The maximum Gasteiger partial charge on any atom is 0.139 e. The highest BCUT2D eigenvalue weighted by Crippen LogP contribution is 2.34. The van der Waals surface area contributed by atoms with Crippen LogP contribution < -0.4 is 4.74 Å². The number of alkyl halides is 1. The lowest BCUT2D eigenvalue weighted by Gasteiger charge is -2.36. The predicted molar refractivity (Wildman–Crippen MR) is 79.6 cm³/mol. The van der Waals surface area contributed by atoms with Gasteiger partial charge in [0, 0.05) is 37.6 Å². The van der Waals surface area contributed by atoms with Crippen molar-refractivity contribution in [2.24, 2.45) is 0 Å².